The molecule has 3 N–H and O–H groups in total. The molecule has 1 radical (unpaired) electrons. The molecular weight excluding hydrogens is 225 g/mol. The monoisotopic (exact) mass is 238 g/mol. The number of anilines is 1. The van der Waals surface area contributed by atoms with E-state index < -0.39 is 0 Å². The summed E-state index contributed by atoms with van der Waals surface area (Å²) in [5, 5.41) is 3.12. The second kappa shape index (κ2) is 5.68. The standard InChI is InChI=1S/C9H13N2.Y/c1-7(11-2)8-5-3-4-6-9(8)10;/h4-7,11H,10H2,1-2H3;/q-1;. The van der Waals surface area contributed by atoms with Crippen LogP contribution in [0.2, 0.25) is 0 Å². The van der Waals surface area contributed by atoms with Crippen molar-refractivity contribution in [3.8, 4) is 0 Å². The van der Waals surface area contributed by atoms with E-state index >= 15 is 0 Å². The van der Waals surface area contributed by atoms with Crippen LogP contribution in [0.4, 0.5) is 5.69 Å². The van der Waals surface area contributed by atoms with E-state index in [0.717, 1.165) is 11.3 Å². The first kappa shape index (κ1) is 12.1. The van der Waals surface area contributed by atoms with Crippen LogP contribution in [0, 0.1) is 6.07 Å². The molecule has 2 nitrogen and oxygen atoms in total. The third kappa shape index (κ3) is 2.85. The second-order valence-corrected chi connectivity index (χ2v) is 2.57. The van der Waals surface area contributed by atoms with Crippen molar-refractivity contribution in [3.05, 3.63) is 29.8 Å². The Kier molecular flexibility index (Phi) is 5.72. The van der Waals surface area contributed by atoms with Gasteiger partial charge in [-0.2, -0.15) is 18.2 Å². The average Bonchev–Trinajstić information content (AvgIpc) is 2.04. The second-order valence-electron chi connectivity index (χ2n) is 2.57. The van der Waals surface area contributed by atoms with Gasteiger partial charge in [-0.25, -0.2) is 0 Å². The van der Waals surface area contributed by atoms with E-state index in [-0.39, 0.29) is 32.7 Å². The SMILES string of the molecule is CNC(C)c1c[c-]ccc1N.[Y]. The van der Waals surface area contributed by atoms with Crippen LogP contribution in [0.3, 0.4) is 0 Å². The molecule has 1 aromatic carbocycles. The number of nitrogens with two attached hydrogens (primary N) is 1. The normalized spacial score (nSPS) is 11.8. The summed E-state index contributed by atoms with van der Waals surface area (Å²) in [4.78, 5) is 0. The Labute approximate surface area is 98.8 Å². The van der Waals surface area contributed by atoms with Gasteiger partial charge in [0.2, 0.25) is 0 Å². The molecule has 0 aromatic heterocycles. The Balaban J connectivity index is 0.00000121. The minimum atomic E-state index is 0. The first-order chi connectivity index (χ1) is 5.25. The van der Waals surface area contributed by atoms with Gasteiger partial charge in [-0.05, 0) is 13.1 Å². The van der Waals surface area contributed by atoms with Gasteiger partial charge in [0.1, 0.15) is 0 Å². The van der Waals surface area contributed by atoms with Crippen molar-refractivity contribution in [3.63, 3.8) is 0 Å². The summed E-state index contributed by atoms with van der Waals surface area (Å²) in [7, 11) is 1.91. The van der Waals surface area contributed by atoms with Crippen LogP contribution in [-0.2, 0) is 32.7 Å². The Bertz CT molecular complexity index is 238. The Hall–Kier alpha value is 0.0839. The molecule has 0 aliphatic rings. The van der Waals surface area contributed by atoms with Gasteiger partial charge in [0.25, 0.3) is 0 Å². The van der Waals surface area contributed by atoms with Gasteiger partial charge in [0, 0.05) is 32.7 Å². The molecule has 0 spiro atoms. The van der Waals surface area contributed by atoms with Crippen molar-refractivity contribution in [2.24, 2.45) is 0 Å². The molecule has 3 heteroatoms. The summed E-state index contributed by atoms with van der Waals surface area (Å²) >= 11 is 0. The Morgan fingerprint density at radius 2 is 2.25 bits per heavy atom. The van der Waals surface area contributed by atoms with E-state index in [1.807, 2.05) is 25.2 Å². The van der Waals surface area contributed by atoms with Crippen LogP contribution < -0.4 is 11.1 Å². The van der Waals surface area contributed by atoms with Crippen molar-refractivity contribution < 1.29 is 32.7 Å². The summed E-state index contributed by atoms with van der Waals surface area (Å²) in [5.74, 6) is 0. The first-order valence-corrected chi connectivity index (χ1v) is 3.68. The average molecular weight is 238 g/mol. The third-order valence-corrected chi connectivity index (χ3v) is 1.83. The van der Waals surface area contributed by atoms with Gasteiger partial charge in [0.15, 0.2) is 0 Å². The zero-order chi connectivity index (χ0) is 8.27. The molecule has 1 rings (SSSR count). The first-order valence-electron chi connectivity index (χ1n) is 3.68. The molecule has 0 aliphatic carbocycles. The number of benzene rings is 1. The predicted octanol–water partition coefficient (Wildman–Crippen LogP) is 1.35. The summed E-state index contributed by atoms with van der Waals surface area (Å²) in [6, 6.07) is 8.89. The van der Waals surface area contributed by atoms with Crippen LogP contribution >= 0.6 is 0 Å². The van der Waals surface area contributed by atoms with Crippen LogP contribution in [-0.4, -0.2) is 7.05 Å². The van der Waals surface area contributed by atoms with Gasteiger partial charge < -0.3 is 11.1 Å². The fraction of sp³-hybridized carbons (Fsp3) is 0.333. The van der Waals surface area contributed by atoms with Crippen molar-refractivity contribution in [2.45, 2.75) is 13.0 Å². The fourth-order valence-corrected chi connectivity index (χ4v) is 0.986. The van der Waals surface area contributed by atoms with Gasteiger partial charge in [-0.3, -0.25) is 0 Å². The number of hydrogen-bond acceptors (Lipinski definition) is 2. The van der Waals surface area contributed by atoms with E-state index in [2.05, 4.69) is 18.3 Å². The van der Waals surface area contributed by atoms with Crippen LogP contribution in [0.15, 0.2) is 18.2 Å². The molecule has 0 saturated carbocycles. The fourth-order valence-electron chi connectivity index (χ4n) is 0.986. The summed E-state index contributed by atoms with van der Waals surface area (Å²) in [6.45, 7) is 2.07. The molecule has 1 aromatic rings. The zero-order valence-electron chi connectivity index (χ0n) is 7.46. The quantitative estimate of drug-likeness (QED) is 0.602. The van der Waals surface area contributed by atoms with E-state index in [9.17, 15) is 0 Å². The van der Waals surface area contributed by atoms with Crippen molar-refractivity contribution in [2.75, 3.05) is 12.8 Å². The van der Waals surface area contributed by atoms with Crippen LogP contribution in [0.1, 0.15) is 18.5 Å². The molecule has 0 fully saturated rings. The van der Waals surface area contributed by atoms with Gasteiger partial charge in [-0.1, -0.05) is 12.6 Å². The molecule has 12 heavy (non-hydrogen) atoms. The third-order valence-electron chi connectivity index (χ3n) is 1.83. The Morgan fingerprint density at radius 3 is 2.75 bits per heavy atom. The smallest absolute Gasteiger partial charge is 0 e. The van der Waals surface area contributed by atoms with E-state index in [1.54, 1.807) is 0 Å². The van der Waals surface area contributed by atoms with Gasteiger partial charge >= 0.3 is 0 Å². The van der Waals surface area contributed by atoms with E-state index in [0.29, 0.717) is 6.04 Å². The number of nitrogens with one attached hydrogen (secondary N) is 1. The number of rotatable bonds is 2. The van der Waals surface area contributed by atoms with Crippen molar-refractivity contribution in [1.82, 2.24) is 5.32 Å². The van der Waals surface area contributed by atoms with Crippen LogP contribution in [0.5, 0.6) is 0 Å². The molecule has 0 heterocycles. The maximum Gasteiger partial charge on any atom is 0 e. The maximum atomic E-state index is 5.74. The van der Waals surface area contributed by atoms with Gasteiger partial charge in [-0.15, -0.1) is 11.6 Å². The molecule has 1 atom stereocenters. The van der Waals surface area contributed by atoms with Crippen LogP contribution in [0.25, 0.3) is 0 Å². The molecule has 63 valence electrons. The predicted molar refractivity (Wildman–Crippen MR) is 47.2 cm³/mol. The van der Waals surface area contributed by atoms with E-state index in [1.165, 1.54) is 0 Å². The largest absolute Gasteiger partial charge is 0.419 e. The number of nitrogen functional groups attached to an aromatic ring is 1. The molecule has 1 unspecified atom stereocenters. The summed E-state index contributed by atoms with van der Waals surface area (Å²) in [6.07, 6.45) is 0. The molecule has 0 bridgehead atoms. The minimum Gasteiger partial charge on any atom is -0.419 e. The maximum absolute atomic E-state index is 5.74. The topological polar surface area (TPSA) is 38.0 Å². The van der Waals surface area contributed by atoms with Gasteiger partial charge in [0.05, 0.1) is 0 Å². The van der Waals surface area contributed by atoms with Crippen molar-refractivity contribution in [1.29, 1.82) is 0 Å². The zero-order valence-corrected chi connectivity index (χ0v) is 10.3. The molecular formula is C9H13N2Y-. The van der Waals surface area contributed by atoms with Crippen molar-refractivity contribution >= 4 is 5.69 Å². The Morgan fingerprint density at radius 1 is 1.58 bits per heavy atom. The molecule has 0 amide bonds. The minimum absolute atomic E-state index is 0. The molecule has 0 saturated heterocycles. The molecule has 0 aliphatic heterocycles. The number of hydrogen-bond donors (Lipinski definition) is 2. The summed E-state index contributed by atoms with van der Waals surface area (Å²) in [5.41, 5.74) is 7.67. The van der Waals surface area contributed by atoms with E-state index in [4.69, 9.17) is 5.73 Å². The summed E-state index contributed by atoms with van der Waals surface area (Å²) < 4.78 is 0.